The Morgan fingerprint density at radius 2 is 0.735 bits per heavy atom. The fourth-order valence-electron chi connectivity index (χ4n) is 9.96. The highest BCUT2D eigenvalue weighted by Gasteiger charge is 2.20. The molecule has 0 amide bonds. The average molecular weight is 873 g/mol. The Morgan fingerprint density at radius 1 is 0.324 bits per heavy atom. The van der Waals surface area contributed by atoms with Gasteiger partial charge in [-0.25, -0.2) is 9.97 Å². The molecule has 0 saturated heterocycles. The van der Waals surface area contributed by atoms with E-state index in [1.54, 1.807) is 0 Å². The predicted molar refractivity (Wildman–Crippen MR) is 273 cm³/mol. The summed E-state index contributed by atoms with van der Waals surface area (Å²) >= 11 is 0. The maximum absolute atomic E-state index is 6.65. The minimum Gasteiger partial charge on any atom is -0.435 e. The van der Waals surface area contributed by atoms with E-state index in [9.17, 15) is 0 Å². The summed E-state index contributed by atoms with van der Waals surface area (Å²) in [6, 6.07) is 71.3. The first-order valence-electron chi connectivity index (χ1n) is 22.6. The number of rotatable bonds is 7. The molecule has 0 atom stereocenters. The van der Waals surface area contributed by atoms with Gasteiger partial charge in [0, 0.05) is 78.7 Å². The first-order valence-corrected chi connectivity index (χ1v) is 22.6. The SMILES string of the molecule is c1ccc(-c2ccc3c(c2)c2ccccc2n3-c2ccc(-c3nc4cccc(-c5cccc6nc(-c7ccc(-n8c9ccccc9c9cc(-c%10ccccn%10)ccc98)cc7)oc56)c4o3)cc2)nc1. The highest BCUT2D eigenvalue weighted by Crippen LogP contribution is 2.40. The molecule has 0 spiro atoms. The van der Waals surface area contributed by atoms with Crippen LogP contribution >= 0.6 is 0 Å². The van der Waals surface area contributed by atoms with Crippen molar-refractivity contribution in [1.82, 2.24) is 29.1 Å². The lowest BCUT2D eigenvalue weighted by Crippen LogP contribution is -1.93. The van der Waals surface area contributed by atoms with E-state index in [0.717, 1.165) is 89.2 Å². The molecule has 0 aliphatic heterocycles. The molecule has 0 saturated carbocycles. The first kappa shape index (κ1) is 37.9. The van der Waals surface area contributed by atoms with Crippen molar-refractivity contribution in [3.63, 3.8) is 0 Å². The number of nitrogens with zero attached hydrogens (tertiary/aromatic N) is 6. The van der Waals surface area contributed by atoms with Gasteiger partial charge in [-0.15, -0.1) is 0 Å². The van der Waals surface area contributed by atoms with E-state index in [1.807, 2.05) is 73.1 Å². The van der Waals surface area contributed by atoms with Crippen LogP contribution in [0, 0.1) is 0 Å². The highest BCUT2D eigenvalue weighted by atomic mass is 16.4. The van der Waals surface area contributed by atoms with Crippen molar-refractivity contribution >= 4 is 65.8 Å². The van der Waals surface area contributed by atoms with Gasteiger partial charge < -0.3 is 18.0 Å². The molecular weight excluding hydrogens is 837 g/mol. The number of para-hydroxylation sites is 4. The van der Waals surface area contributed by atoms with Gasteiger partial charge in [0.2, 0.25) is 11.8 Å². The van der Waals surface area contributed by atoms with Gasteiger partial charge in [0.15, 0.2) is 11.2 Å². The third kappa shape index (κ3) is 6.01. The summed E-state index contributed by atoms with van der Waals surface area (Å²) in [6.45, 7) is 0. The van der Waals surface area contributed by atoms with Gasteiger partial charge in [0.05, 0.1) is 33.5 Å². The quantitative estimate of drug-likeness (QED) is 0.158. The zero-order valence-electron chi connectivity index (χ0n) is 36.3. The van der Waals surface area contributed by atoms with Crippen molar-refractivity contribution in [3.8, 4) is 67.9 Å². The Bertz CT molecular complexity index is 3970. The Hall–Kier alpha value is -9.40. The highest BCUT2D eigenvalue weighted by molar-refractivity contribution is 6.11. The van der Waals surface area contributed by atoms with Crippen molar-refractivity contribution in [2.75, 3.05) is 0 Å². The van der Waals surface area contributed by atoms with Gasteiger partial charge in [-0.3, -0.25) is 9.97 Å². The Labute approximate surface area is 388 Å². The van der Waals surface area contributed by atoms with Crippen molar-refractivity contribution in [3.05, 3.63) is 219 Å². The minimum absolute atomic E-state index is 0.545. The van der Waals surface area contributed by atoms with Gasteiger partial charge in [-0.1, -0.05) is 84.9 Å². The molecule has 0 aliphatic carbocycles. The van der Waals surface area contributed by atoms with E-state index in [1.165, 1.54) is 21.5 Å². The summed E-state index contributed by atoms with van der Waals surface area (Å²) in [6.07, 6.45) is 3.67. The molecule has 8 heteroatoms. The van der Waals surface area contributed by atoms with Crippen LogP contribution in [0.4, 0.5) is 0 Å². The van der Waals surface area contributed by atoms with Gasteiger partial charge in [0.25, 0.3) is 0 Å². The van der Waals surface area contributed by atoms with Crippen LogP contribution in [0.15, 0.2) is 227 Å². The average Bonchev–Trinajstić information content (AvgIpc) is 4.20. The summed E-state index contributed by atoms with van der Waals surface area (Å²) in [4.78, 5) is 19.2. The molecule has 0 bridgehead atoms. The Kier molecular flexibility index (Phi) is 8.41. The molecule has 0 N–H and O–H groups in total. The van der Waals surface area contributed by atoms with E-state index in [0.29, 0.717) is 22.9 Å². The molecule has 8 aromatic carbocycles. The zero-order valence-corrected chi connectivity index (χ0v) is 36.3. The smallest absolute Gasteiger partial charge is 0.227 e. The van der Waals surface area contributed by atoms with E-state index >= 15 is 0 Å². The number of pyridine rings is 2. The molecule has 68 heavy (non-hydrogen) atoms. The van der Waals surface area contributed by atoms with Gasteiger partial charge in [-0.05, 0) is 121 Å². The van der Waals surface area contributed by atoms with Crippen molar-refractivity contribution in [2.24, 2.45) is 0 Å². The first-order chi connectivity index (χ1) is 33.7. The monoisotopic (exact) mass is 872 g/mol. The number of hydrogen-bond donors (Lipinski definition) is 0. The standard InChI is InChI=1S/C60H36N6O2/c1-3-19-53-43(11-1)47-35-39(49-15-5-7-33-61-49)25-31-55(47)65(53)41-27-21-37(22-28-41)59-63-51-17-9-13-45(57(51)67-59)46-14-10-18-52-58(46)68-60(64-52)38-23-29-42(30-24-38)66-54-20-4-2-12-44(54)48-36-40(26-32-56(48)66)50-16-6-8-34-62-50/h1-36H. The summed E-state index contributed by atoms with van der Waals surface area (Å²) < 4.78 is 17.9. The zero-order chi connectivity index (χ0) is 44.7. The second kappa shape index (κ2) is 15.1. The van der Waals surface area contributed by atoms with Gasteiger partial charge in [0.1, 0.15) is 11.0 Å². The van der Waals surface area contributed by atoms with E-state index in [4.69, 9.17) is 18.8 Å². The van der Waals surface area contributed by atoms with Gasteiger partial charge >= 0.3 is 0 Å². The van der Waals surface area contributed by atoms with Gasteiger partial charge in [-0.2, -0.15) is 0 Å². The van der Waals surface area contributed by atoms with Crippen molar-refractivity contribution in [1.29, 1.82) is 0 Å². The summed E-state index contributed by atoms with van der Waals surface area (Å²) in [5.74, 6) is 1.09. The minimum atomic E-state index is 0.545. The lowest BCUT2D eigenvalue weighted by atomic mass is 10.0. The van der Waals surface area contributed by atoms with E-state index in [-0.39, 0.29) is 0 Å². The molecule has 6 aromatic heterocycles. The number of oxazole rings is 2. The fourth-order valence-corrected chi connectivity index (χ4v) is 9.96. The summed E-state index contributed by atoms with van der Waals surface area (Å²) in [5, 5.41) is 4.74. The van der Waals surface area contributed by atoms with Crippen LogP contribution in [0.3, 0.4) is 0 Å². The molecule has 6 heterocycles. The predicted octanol–water partition coefficient (Wildman–Crippen LogP) is 15.3. The van der Waals surface area contributed by atoms with E-state index in [2.05, 4.69) is 165 Å². The van der Waals surface area contributed by atoms with Crippen LogP contribution in [-0.2, 0) is 0 Å². The molecule has 0 aliphatic rings. The Morgan fingerprint density at radius 3 is 1.18 bits per heavy atom. The summed E-state index contributed by atoms with van der Waals surface area (Å²) in [7, 11) is 0. The normalized spacial score (nSPS) is 11.8. The van der Waals surface area contributed by atoms with Crippen LogP contribution in [-0.4, -0.2) is 29.1 Å². The topological polar surface area (TPSA) is 87.7 Å². The third-order valence-electron chi connectivity index (χ3n) is 13.1. The lowest BCUT2D eigenvalue weighted by Gasteiger charge is -2.09. The van der Waals surface area contributed by atoms with Crippen molar-refractivity contribution in [2.45, 2.75) is 0 Å². The van der Waals surface area contributed by atoms with Crippen molar-refractivity contribution < 1.29 is 8.83 Å². The third-order valence-corrected chi connectivity index (χ3v) is 13.1. The molecule has 0 unspecified atom stereocenters. The van der Waals surface area contributed by atoms with Crippen LogP contribution in [0.5, 0.6) is 0 Å². The molecular formula is C60H36N6O2. The molecule has 318 valence electrons. The maximum Gasteiger partial charge on any atom is 0.227 e. The van der Waals surface area contributed by atoms with Crippen LogP contribution < -0.4 is 0 Å². The number of aromatic nitrogens is 6. The molecule has 14 aromatic rings. The fraction of sp³-hybridized carbons (Fsp3) is 0. The molecule has 8 nitrogen and oxygen atoms in total. The second-order valence-corrected chi connectivity index (χ2v) is 17.0. The van der Waals surface area contributed by atoms with E-state index < -0.39 is 0 Å². The van der Waals surface area contributed by atoms with Crippen LogP contribution in [0.1, 0.15) is 0 Å². The Balaban J connectivity index is 0.788. The molecule has 0 fully saturated rings. The largest absolute Gasteiger partial charge is 0.435 e. The molecule has 0 radical (unpaired) electrons. The maximum atomic E-state index is 6.65. The number of fused-ring (bicyclic) bond motifs is 8. The van der Waals surface area contributed by atoms with Crippen LogP contribution in [0.2, 0.25) is 0 Å². The molecule has 14 rings (SSSR count). The lowest BCUT2D eigenvalue weighted by molar-refractivity contribution is 0.616. The number of hydrogen-bond acceptors (Lipinski definition) is 6. The number of benzene rings is 8. The second-order valence-electron chi connectivity index (χ2n) is 17.0. The van der Waals surface area contributed by atoms with Crippen LogP contribution in [0.25, 0.3) is 134 Å². The summed E-state index contributed by atoms with van der Waals surface area (Å²) in [5.41, 5.74) is 17.1.